The molecule has 0 aliphatic rings. The normalized spacial score (nSPS) is 10.8. The van der Waals surface area contributed by atoms with Crippen LogP contribution in [0.4, 0.5) is 0 Å². The lowest BCUT2D eigenvalue weighted by Gasteiger charge is -2.08. The van der Waals surface area contributed by atoms with Crippen molar-refractivity contribution in [2.45, 2.75) is 32.3 Å². The van der Waals surface area contributed by atoms with Crippen molar-refractivity contribution in [2.75, 3.05) is 6.26 Å². The third-order valence-electron chi connectivity index (χ3n) is 4.25. The minimum absolute atomic E-state index is 0.223. The number of nitrogens with zero attached hydrogens (tertiary/aromatic N) is 3. The minimum atomic E-state index is -0.462. The Balaban J connectivity index is 1.78. The van der Waals surface area contributed by atoms with Crippen LogP contribution in [0.25, 0.3) is 5.69 Å². The predicted octanol–water partition coefficient (Wildman–Crippen LogP) is 4.27. The first-order chi connectivity index (χ1) is 12.5. The zero-order valence-electron chi connectivity index (χ0n) is 15.3. The molecule has 1 aromatic heterocycles. The molecule has 0 aliphatic carbocycles. The molecule has 0 saturated carbocycles. The monoisotopic (exact) mass is 367 g/mol. The van der Waals surface area contributed by atoms with E-state index in [2.05, 4.69) is 10.3 Å². The van der Waals surface area contributed by atoms with Gasteiger partial charge in [0.25, 0.3) is 0 Å². The zero-order valence-corrected chi connectivity index (χ0v) is 16.1. The smallest absolute Gasteiger partial charge is 0.361 e. The molecule has 0 amide bonds. The molecule has 0 unspecified atom stereocenters. The van der Waals surface area contributed by atoms with E-state index in [4.69, 9.17) is 4.74 Å². The van der Waals surface area contributed by atoms with E-state index in [1.807, 2.05) is 69.5 Å². The maximum atomic E-state index is 12.5. The van der Waals surface area contributed by atoms with Gasteiger partial charge in [0.15, 0.2) is 5.69 Å². The van der Waals surface area contributed by atoms with Crippen LogP contribution < -0.4 is 0 Å². The van der Waals surface area contributed by atoms with Gasteiger partial charge >= 0.3 is 5.97 Å². The molecule has 5 nitrogen and oxygen atoms in total. The average molecular weight is 367 g/mol. The van der Waals surface area contributed by atoms with Gasteiger partial charge in [-0.05, 0) is 56.4 Å². The first-order valence-corrected chi connectivity index (χ1v) is 9.52. The molecule has 26 heavy (non-hydrogen) atoms. The second-order valence-electron chi connectivity index (χ2n) is 6.14. The molecule has 134 valence electrons. The summed E-state index contributed by atoms with van der Waals surface area (Å²) >= 11 is 1.65. The lowest BCUT2D eigenvalue weighted by molar-refractivity contribution is 0.0464. The van der Waals surface area contributed by atoms with E-state index in [-0.39, 0.29) is 12.3 Å². The van der Waals surface area contributed by atoms with Gasteiger partial charge in [-0.1, -0.05) is 35.0 Å². The third kappa shape index (κ3) is 3.80. The van der Waals surface area contributed by atoms with Crippen LogP contribution >= 0.6 is 11.8 Å². The van der Waals surface area contributed by atoms with Gasteiger partial charge in [-0.2, -0.15) is 0 Å². The lowest BCUT2D eigenvalue weighted by Crippen LogP contribution is -2.09. The van der Waals surface area contributed by atoms with Crippen molar-refractivity contribution in [1.29, 1.82) is 0 Å². The number of thioether (sulfide) groups is 1. The second-order valence-corrected chi connectivity index (χ2v) is 7.02. The van der Waals surface area contributed by atoms with Gasteiger partial charge in [0.2, 0.25) is 0 Å². The Hall–Kier alpha value is -2.60. The summed E-state index contributed by atoms with van der Waals surface area (Å²) in [6.45, 7) is 6.06. The Bertz CT molecular complexity index is 950. The summed E-state index contributed by atoms with van der Waals surface area (Å²) in [5.41, 5.74) is 5.00. The number of carbonyl (C=O) groups excluding carboxylic acids is 1. The molecule has 1 heterocycles. The van der Waals surface area contributed by atoms with Crippen molar-refractivity contribution in [2.24, 2.45) is 0 Å². The fourth-order valence-corrected chi connectivity index (χ4v) is 3.13. The Morgan fingerprint density at radius 3 is 2.73 bits per heavy atom. The van der Waals surface area contributed by atoms with Crippen LogP contribution in [0.1, 0.15) is 32.9 Å². The highest BCUT2D eigenvalue weighted by Crippen LogP contribution is 2.20. The van der Waals surface area contributed by atoms with Crippen LogP contribution in [0, 0.1) is 20.8 Å². The van der Waals surface area contributed by atoms with E-state index < -0.39 is 5.97 Å². The van der Waals surface area contributed by atoms with Crippen molar-refractivity contribution < 1.29 is 9.53 Å². The summed E-state index contributed by atoms with van der Waals surface area (Å²) in [6, 6.07) is 14.0. The fraction of sp³-hybridized carbons (Fsp3) is 0.250. The van der Waals surface area contributed by atoms with Crippen LogP contribution in [-0.4, -0.2) is 27.2 Å². The maximum Gasteiger partial charge on any atom is 0.361 e. The zero-order chi connectivity index (χ0) is 18.7. The van der Waals surface area contributed by atoms with Crippen LogP contribution in [0.15, 0.2) is 47.4 Å². The highest BCUT2D eigenvalue weighted by atomic mass is 32.2. The minimum Gasteiger partial charge on any atom is -0.456 e. The number of hydrogen-bond acceptors (Lipinski definition) is 5. The van der Waals surface area contributed by atoms with Gasteiger partial charge < -0.3 is 4.74 Å². The number of ether oxygens (including phenoxy) is 1. The van der Waals surface area contributed by atoms with Crippen molar-refractivity contribution in [3.05, 3.63) is 70.5 Å². The van der Waals surface area contributed by atoms with Crippen molar-refractivity contribution in [3.63, 3.8) is 0 Å². The topological polar surface area (TPSA) is 57.0 Å². The van der Waals surface area contributed by atoms with Crippen LogP contribution in [0.5, 0.6) is 0 Å². The van der Waals surface area contributed by atoms with E-state index in [9.17, 15) is 4.79 Å². The largest absolute Gasteiger partial charge is 0.456 e. The number of benzene rings is 2. The summed E-state index contributed by atoms with van der Waals surface area (Å²) in [5.74, 6) is -0.462. The molecule has 3 rings (SSSR count). The molecule has 0 aliphatic heterocycles. The molecular formula is C20H21N3O2S. The highest BCUT2D eigenvalue weighted by Gasteiger charge is 2.19. The third-order valence-corrected chi connectivity index (χ3v) is 4.97. The SMILES string of the molecule is CSc1cccc(-n2nnc(C(=O)OCc3cc(C)ccc3C)c2C)c1. The first kappa shape index (κ1) is 18.2. The Labute approximate surface area is 157 Å². The van der Waals surface area contributed by atoms with Gasteiger partial charge in [-0.3, -0.25) is 0 Å². The molecule has 2 aromatic carbocycles. The van der Waals surface area contributed by atoms with Crippen molar-refractivity contribution >= 4 is 17.7 Å². The van der Waals surface area contributed by atoms with E-state index in [1.165, 1.54) is 0 Å². The molecule has 3 aromatic rings. The summed E-state index contributed by atoms with van der Waals surface area (Å²) < 4.78 is 7.13. The lowest BCUT2D eigenvalue weighted by atomic mass is 10.1. The second kappa shape index (κ2) is 7.74. The van der Waals surface area contributed by atoms with E-state index in [0.29, 0.717) is 5.69 Å². The molecular weight excluding hydrogens is 346 g/mol. The van der Waals surface area contributed by atoms with Gasteiger partial charge in [0.05, 0.1) is 11.4 Å². The summed E-state index contributed by atoms with van der Waals surface area (Å²) in [7, 11) is 0. The van der Waals surface area contributed by atoms with E-state index in [0.717, 1.165) is 27.3 Å². The molecule has 0 atom stereocenters. The number of carbonyl (C=O) groups is 1. The molecule has 6 heteroatoms. The van der Waals surface area contributed by atoms with Crippen molar-refractivity contribution in [3.8, 4) is 5.69 Å². The molecule has 0 radical (unpaired) electrons. The van der Waals surface area contributed by atoms with Crippen LogP contribution in [0.2, 0.25) is 0 Å². The highest BCUT2D eigenvalue weighted by molar-refractivity contribution is 7.98. The fourth-order valence-electron chi connectivity index (χ4n) is 2.67. The molecule has 0 bridgehead atoms. The quantitative estimate of drug-likeness (QED) is 0.498. The summed E-state index contributed by atoms with van der Waals surface area (Å²) in [5, 5.41) is 8.16. The molecule has 0 N–H and O–H groups in total. The van der Waals surface area contributed by atoms with E-state index >= 15 is 0 Å². The van der Waals surface area contributed by atoms with Crippen LogP contribution in [0.3, 0.4) is 0 Å². The van der Waals surface area contributed by atoms with E-state index in [1.54, 1.807) is 16.4 Å². The van der Waals surface area contributed by atoms with Gasteiger partial charge in [0, 0.05) is 4.90 Å². The molecule has 0 spiro atoms. The Kier molecular flexibility index (Phi) is 5.42. The average Bonchev–Trinajstić information content (AvgIpc) is 3.03. The summed E-state index contributed by atoms with van der Waals surface area (Å²) in [6.07, 6.45) is 2.02. The number of hydrogen-bond donors (Lipinski definition) is 0. The number of aromatic nitrogens is 3. The van der Waals surface area contributed by atoms with Crippen molar-refractivity contribution in [1.82, 2.24) is 15.0 Å². The molecule has 0 fully saturated rings. The first-order valence-electron chi connectivity index (χ1n) is 8.29. The predicted molar refractivity (Wildman–Crippen MR) is 103 cm³/mol. The Morgan fingerprint density at radius 2 is 1.96 bits per heavy atom. The maximum absolute atomic E-state index is 12.5. The van der Waals surface area contributed by atoms with Crippen LogP contribution in [-0.2, 0) is 11.3 Å². The van der Waals surface area contributed by atoms with Gasteiger partial charge in [-0.15, -0.1) is 16.9 Å². The number of esters is 1. The summed E-state index contributed by atoms with van der Waals surface area (Å²) in [4.78, 5) is 13.6. The van der Waals surface area contributed by atoms with Gasteiger partial charge in [-0.25, -0.2) is 9.48 Å². The Morgan fingerprint density at radius 1 is 1.15 bits per heavy atom. The standard InChI is InChI=1S/C20H21N3O2S/c1-13-8-9-14(2)16(10-13)12-25-20(24)19-15(3)23(22-21-19)17-6-5-7-18(11-17)26-4/h5-11H,12H2,1-4H3. The number of aryl methyl sites for hydroxylation is 2. The number of rotatable bonds is 5. The van der Waals surface area contributed by atoms with Gasteiger partial charge in [0.1, 0.15) is 6.61 Å². The molecule has 0 saturated heterocycles.